The second-order valence-corrected chi connectivity index (χ2v) is 19.6. The molecule has 2 aliphatic rings. The zero-order valence-electron chi connectivity index (χ0n) is 41.5. The zero-order chi connectivity index (χ0) is 50.5. The molecule has 4 aromatic heterocycles. The number of pyridine rings is 4. The Bertz CT molecular complexity index is 3770. The molecule has 0 unspecified atom stereocenters. The molecule has 0 fully saturated rings. The molecule has 14 rings (SSSR count). The summed E-state index contributed by atoms with van der Waals surface area (Å²) < 4.78 is 0. The second-order valence-electron chi connectivity index (χ2n) is 19.6. The maximum absolute atomic E-state index is 5.23. The molecule has 0 amide bonds. The molecule has 12 aromatic rings. The Kier molecular flexibility index (Phi) is 10.9. The van der Waals surface area contributed by atoms with Crippen LogP contribution < -0.4 is 0 Å². The van der Waals surface area contributed by atoms with Crippen molar-refractivity contribution < 1.29 is 0 Å². The fourth-order valence-electron chi connectivity index (χ4n) is 12.5. The van der Waals surface area contributed by atoms with Crippen LogP contribution in [0.15, 0.2) is 292 Å². The lowest BCUT2D eigenvalue weighted by molar-refractivity contribution is 0.734. The van der Waals surface area contributed by atoms with Gasteiger partial charge in [0.2, 0.25) is 0 Å². The molecule has 76 heavy (non-hydrogen) atoms. The van der Waals surface area contributed by atoms with Gasteiger partial charge in [0.1, 0.15) is 0 Å². The van der Waals surface area contributed by atoms with Gasteiger partial charge in [0, 0.05) is 52.6 Å². The predicted molar refractivity (Wildman–Crippen MR) is 307 cm³/mol. The van der Waals surface area contributed by atoms with Gasteiger partial charge in [-0.3, -0.25) is 19.9 Å². The maximum Gasteiger partial charge on any atom is 0.0886 e. The summed E-state index contributed by atoms with van der Waals surface area (Å²) in [4.78, 5) is 20.9. The van der Waals surface area contributed by atoms with Crippen molar-refractivity contribution in [2.75, 3.05) is 0 Å². The molecule has 4 nitrogen and oxygen atoms in total. The van der Waals surface area contributed by atoms with Crippen molar-refractivity contribution in [3.05, 3.63) is 359 Å². The number of aromatic nitrogens is 4. The third-order valence-electron chi connectivity index (χ3n) is 15.7. The average molecular weight is 969 g/mol. The average Bonchev–Trinajstić information content (AvgIpc) is 4.02. The van der Waals surface area contributed by atoms with E-state index in [1.54, 1.807) is 0 Å². The van der Waals surface area contributed by atoms with E-state index in [1.807, 2.05) is 49.1 Å². The van der Waals surface area contributed by atoms with Crippen LogP contribution in [0.25, 0.3) is 55.9 Å². The lowest BCUT2D eigenvalue weighted by Crippen LogP contribution is -2.30. The van der Waals surface area contributed by atoms with Gasteiger partial charge >= 0.3 is 0 Å². The highest BCUT2D eigenvalue weighted by molar-refractivity contribution is 6.05. The summed E-state index contributed by atoms with van der Waals surface area (Å²) in [5.74, 6) is 0. The van der Waals surface area contributed by atoms with E-state index in [4.69, 9.17) is 19.9 Å². The van der Waals surface area contributed by atoms with Crippen LogP contribution in [-0.4, -0.2) is 19.9 Å². The van der Waals surface area contributed by atoms with Crippen LogP contribution in [-0.2, 0) is 10.8 Å². The summed E-state index contributed by atoms with van der Waals surface area (Å²) in [6, 6.07) is 96.0. The summed E-state index contributed by atoms with van der Waals surface area (Å²) in [5, 5.41) is 0. The second kappa shape index (κ2) is 18.5. The van der Waals surface area contributed by atoms with Crippen molar-refractivity contribution >= 4 is 11.1 Å². The van der Waals surface area contributed by atoms with Gasteiger partial charge in [-0.25, -0.2) is 0 Å². The van der Waals surface area contributed by atoms with E-state index >= 15 is 0 Å². The van der Waals surface area contributed by atoms with E-state index in [-0.39, 0.29) is 0 Å². The number of nitrogens with zero attached hydrogens (tertiary/aromatic N) is 4. The van der Waals surface area contributed by atoms with E-state index in [9.17, 15) is 0 Å². The molecule has 0 saturated carbocycles. The van der Waals surface area contributed by atoms with Crippen molar-refractivity contribution in [2.45, 2.75) is 10.8 Å². The first-order chi connectivity index (χ1) is 37.7. The molecular formula is C72H48N4. The highest BCUT2D eigenvalue weighted by atomic mass is 14.7. The van der Waals surface area contributed by atoms with Gasteiger partial charge in [0.15, 0.2) is 0 Å². The third kappa shape index (κ3) is 7.06. The van der Waals surface area contributed by atoms with Crippen LogP contribution in [0.2, 0.25) is 0 Å². The Balaban J connectivity index is 1.08. The fraction of sp³-hybridized carbons (Fsp3) is 0.0278. The van der Waals surface area contributed by atoms with Crippen molar-refractivity contribution in [1.82, 2.24) is 19.9 Å². The Morgan fingerprint density at radius 2 is 0.618 bits per heavy atom. The molecule has 4 heteroatoms. The SMILES string of the molecule is c1ccc(-c2ccc(C(=C(c3cccc(C4(c5ccccn5)c5ccccc5-c5ccccc54)c3)c3cccc(C4(c5ccccn5)c5ccccc5-c5ccccc54)c3)c3ccc(-c4ccccc4)nc3)cn2)cc1. The Labute approximate surface area is 443 Å². The van der Waals surface area contributed by atoms with Gasteiger partial charge in [-0.15, -0.1) is 0 Å². The number of hydrogen-bond acceptors (Lipinski definition) is 4. The Morgan fingerprint density at radius 1 is 0.263 bits per heavy atom. The first-order valence-corrected chi connectivity index (χ1v) is 25.9. The molecule has 0 radical (unpaired) electrons. The van der Waals surface area contributed by atoms with Crippen molar-refractivity contribution in [1.29, 1.82) is 0 Å². The summed E-state index contributed by atoms with van der Waals surface area (Å²) in [6.07, 6.45) is 7.92. The molecule has 0 N–H and O–H groups in total. The van der Waals surface area contributed by atoms with Gasteiger partial charge in [0.25, 0.3) is 0 Å². The van der Waals surface area contributed by atoms with Gasteiger partial charge in [-0.05, 0) is 121 Å². The van der Waals surface area contributed by atoms with Crippen LogP contribution in [0.3, 0.4) is 0 Å². The summed E-state index contributed by atoms with van der Waals surface area (Å²) >= 11 is 0. The molecule has 0 spiro atoms. The number of hydrogen-bond donors (Lipinski definition) is 0. The van der Waals surface area contributed by atoms with Crippen molar-refractivity contribution in [2.24, 2.45) is 0 Å². The van der Waals surface area contributed by atoms with Gasteiger partial charge in [-0.1, -0.05) is 218 Å². The highest BCUT2D eigenvalue weighted by Crippen LogP contribution is 2.58. The molecule has 0 atom stereocenters. The molecule has 0 bridgehead atoms. The van der Waals surface area contributed by atoms with E-state index in [2.05, 4.69) is 243 Å². The van der Waals surface area contributed by atoms with E-state index in [0.717, 1.165) is 78.4 Å². The minimum atomic E-state index is -0.727. The topological polar surface area (TPSA) is 51.6 Å². The highest BCUT2D eigenvalue weighted by Gasteiger charge is 2.49. The predicted octanol–water partition coefficient (Wildman–Crippen LogP) is 16.3. The molecule has 2 aliphatic carbocycles. The Hall–Kier alpha value is -9.90. The normalized spacial score (nSPS) is 13.2. The van der Waals surface area contributed by atoms with Crippen molar-refractivity contribution in [3.8, 4) is 44.8 Å². The quantitative estimate of drug-likeness (QED) is 0.137. The third-order valence-corrected chi connectivity index (χ3v) is 15.7. The van der Waals surface area contributed by atoms with E-state index in [1.165, 1.54) is 44.5 Å². The van der Waals surface area contributed by atoms with Crippen LogP contribution in [0.1, 0.15) is 67.0 Å². The zero-order valence-corrected chi connectivity index (χ0v) is 41.5. The van der Waals surface area contributed by atoms with Crippen molar-refractivity contribution in [3.63, 3.8) is 0 Å². The number of fused-ring (bicyclic) bond motifs is 6. The van der Waals surface area contributed by atoms with Gasteiger partial charge in [-0.2, -0.15) is 0 Å². The molecule has 8 aromatic carbocycles. The van der Waals surface area contributed by atoms with Crippen LogP contribution >= 0.6 is 0 Å². The lowest BCUT2D eigenvalue weighted by Gasteiger charge is -2.34. The van der Waals surface area contributed by atoms with Gasteiger partial charge < -0.3 is 0 Å². The molecule has 4 heterocycles. The smallest absolute Gasteiger partial charge is 0.0886 e. The Morgan fingerprint density at radius 3 is 0.974 bits per heavy atom. The maximum atomic E-state index is 5.23. The standard InChI is InChI=1S/C72H48N4/c1-3-21-49(22-4-1)65-41-39-53(47-75-65)70(54-40-42-66(76-48-54)50-23-5-2-6-24-50)69(51-25-19-27-55(45-51)71(67-37-15-17-43-73-67)61-33-11-7-29-57(61)58-30-8-12-34-62(58)71)52-26-20-28-56(46-52)72(68-38-16-18-44-74-68)63-35-13-9-31-59(63)60-32-10-14-36-64(60)72/h1-48H. The van der Waals surface area contributed by atoms with Crippen LogP contribution in [0.4, 0.5) is 0 Å². The first kappa shape index (κ1) is 44.8. The molecule has 0 saturated heterocycles. The largest absolute Gasteiger partial charge is 0.260 e. The van der Waals surface area contributed by atoms with E-state index in [0.29, 0.717) is 0 Å². The minimum Gasteiger partial charge on any atom is -0.260 e. The molecule has 356 valence electrons. The molecular weight excluding hydrogens is 921 g/mol. The number of rotatable bonds is 10. The number of benzene rings is 8. The van der Waals surface area contributed by atoms with Crippen LogP contribution in [0.5, 0.6) is 0 Å². The monoisotopic (exact) mass is 968 g/mol. The van der Waals surface area contributed by atoms with E-state index < -0.39 is 10.8 Å². The minimum absolute atomic E-state index is 0.727. The molecule has 0 aliphatic heterocycles. The first-order valence-electron chi connectivity index (χ1n) is 25.9. The summed E-state index contributed by atoms with van der Waals surface area (Å²) in [7, 11) is 0. The fourth-order valence-corrected chi connectivity index (χ4v) is 12.5. The lowest BCUT2D eigenvalue weighted by atomic mass is 9.68. The van der Waals surface area contributed by atoms with Gasteiger partial charge in [0.05, 0.1) is 33.6 Å². The summed E-state index contributed by atoms with van der Waals surface area (Å²) in [5.41, 5.74) is 22.4. The summed E-state index contributed by atoms with van der Waals surface area (Å²) in [6.45, 7) is 0. The van der Waals surface area contributed by atoms with Crippen LogP contribution in [0, 0.1) is 0 Å².